The minimum atomic E-state index is -0.122. The second-order valence-corrected chi connectivity index (χ2v) is 7.18. The summed E-state index contributed by atoms with van der Waals surface area (Å²) in [5.41, 5.74) is 3.40. The van der Waals surface area contributed by atoms with Crippen molar-refractivity contribution in [3.63, 3.8) is 0 Å². The molecule has 3 aromatic carbocycles. The Bertz CT molecular complexity index is 1070. The third kappa shape index (κ3) is 7.61. The van der Waals surface area contributed by atoms with Gasteiger partial charge in [0.15, 0.2) is 5.76 Å². The third-order valence-corrected chi connectivity index (χ3v) is 4.50. The number of ether oxygens (including phenoxy) is 1. The minimum Gasteiger partial charge on any atom is -0.454 e. The van der Waals surface area contributed by atoms with Crippen LogP contribution in [0.5, 0.6) is 5.75 Å². The number of para-hydroxylation sites is 2. The Balaban J connectivity index is 1.66. The molecular formula is C27H27N3O2. The number of hydrogen-bond donors (Lipinski definition) is 2. The maximum absolute atomic E-state index is 11.6. The van der Waals surface area contributed by atoms with Crippen molar-refractivity contribution in [1.82, 2.24) is 5.32 Å². The number of nitrogens with zero attached hydrogens (tertiary/aromatic N) is 1. The fourth-order valence-electron chi connectivity index (χ4n) is 2.77. The number of aliphatic imine (C=N–C) groups is 1. The number of allylic oxidation sites excluding steroid dienone is 1. The highest BCUT2D eigenvalue weighted by atomic mass is 16.5. The van der Waals surface area contributed by atoms with E-state index in [1.165, 1.54) is 0 Å². The van der Waals surface area contributed by atoms with Gasteiger partial charge in [-0.25, -0.2) is 0 Å². The molecule has 0 spiro atoms. The zero-order chi connectivity index (χ0) is 22.6. The first-order chi connectivity index (χ1) is 15.6. The molecule has 3 aromatic rings. The second kappa shape index (κ2) is 11.9. The monoisotopic (exact) mass is 425 g/mol. The van der Waals surface area contributed by atoms with Gasteiger partial charge in [-0.15, -0.1) is 0 Å². The van der Waals surface area contributed by atoms with Gasteiger partial charge < -0.3 is 15.4 Å². The van der Waals surface area contributed by atoms with Gasteiger partial charge in [0.25, 0.3) is 0 Å². The van der Waals surface area contributed by atoms with Crippen LogP contribution in [-0.2, 0) is 11.2 Å². The number of carbonyl (C=O) groups excluding carboxylic acids is 1. The highest BCUT2D eigenvalue weighted by Crippen LogP contribution is 2.17. The number of amides is 1. The van der Waals surface area contributed by atoms with Crippen molar-refractivity contribution in [3.05, 3.63) is 115 Å². The lowest BCUT2D eigenvalue weighted by Gasteiger charge is -2.09. The molecule has 32 heavy (non-hydrogen) atoms. The summed E-state index contributed by atoms with van der Waals surface area (Å²) in [6.45, 7) is 5.89. The molecule has 0 aromatic heterocycles. The van der Waals surface area contributed by atoms with E-state index >= 15 is 0 Å². The van der Waals surface area contributed by atoms with E-state index < -0.39 is 0 Å². The average molecular weight is 426 g/mol. The maximum atomic E-state index is 11.6. The fourth-order valence-corrected chi connectivity index (χ4v) is 2.77. The number of anilines is 1. The van der Waals surface area contributed by atoms with Gasteiger partial charge >= 0.3 is 0 Å². The molecule has 0 unspecified atom stereocenters. The zero-order valence-corrected chi connectivity index (χ0v) is 18.1. The lowest BCUT2D eigenvalue weighted by molar-refractivity contribution is -0.117. The number of carbonyl (C=O) groups is 1. The van der Waals surface area contributed by atoms with Crippen molar-refractivity contribution in [3.8, 4) is 5.75 Å². The number of benzene rings is 3. The standard InChI is InChI=1S/C27H27N3O2/c1-21(2)27(31)28-18-17-22-13-15-25(16-14-22)32-26(19-29-23-9-5-3-6-10-23)20-30-24-11-7-4-8-12-24/h3-16,19-20,29H,1,17-18H2,2H3,(H,28,31). The largest absolute Gasteiger partial charge is 0.454 e. The summed E-state index contributed by atoms with van der Waals surface area (Å²) < 4.78 is 6.06. The lowest BCUT2D eigenvalue weighted by Crippen LogP contribution is -2.25. The van der Waals surface area contributed by atoms with Crippen LogP contribution in [0.4, 0.5) is 11.4 Å². The van der Waals surface area contributed by atoms with Crippen LogP contribution >= 0.6 is 0 Å². The predicted molar refractivity (Wildman–Crippen MR) is 131 cm³/mol. The van der Waals surface area contributed by atoms with Gasteiger partial charge in [-0.3, -0.25) is 9.79 Å². The Labute approximate surface area is 189 Å². The van der Waals surface area contributed by atoms with Crippen molar-refractivity contribution >= 4 is 23.5 Å². The molecule has 0 fully saturated rings. The molecular weight excluding hydrogens is 398 g/mol. The fraction of sp³-hybridized carbons (Fsp3) is 0.111. The predicted octanol–water partition coefficient (Wildman–Crippen LogP) is 5.66. The molecule has 5 heteroatoms. The van der Waals surface area contributed by atoms with Crippen LogP contribution in [0, 0.1) is 0 Å². The molecule has 0 bridgehead atoms. The number of rotatable bonds is 10. The molecule has 0 atom stereocenters. The molecule has 0 aliphatic carbocycles. The van der Waals surface area contributed by atoms with Gasteiger partial charge in [0.05, 0.1) is 11.9 Å². The first-order valence-corrected chi connectivity index (χ1v) is 10.4. The number of nitrogens with one attached hydrogen (secondary N) is 2. The Morgan fingerprint density at radius 1 is 0.969 bits per heavy atom. The van der Waals surface area contributed by atoms with E-state index in [1.807, 2.05) is 84.9 Å². The van der Waals surface area contributed by atoms with Gasteiger partial charge in [0.2, 0.25) is 5.91 Å². The molecule has 0 saturated carbocycles. The van der Waals surface area contributed by atoms with E-state index in [1.54, 1.807) is 19.3 Å². The molecule has 5 nitrogen and oxygen atoms in total. The minimum absolute atomic E-state index is 0.122. The Kier molecular flexibility index (Phi) is 8.40. The molecule has 0 aliphatic rings. The highest BCUT2D eigenvalue weighted by Gasteiger charge is 2.03. The topological polar surface area (TPSA) is 62.7 Å². The highest BCUT2D eigenvalue weighted by molar-refractivity contribution is 5.92. The normalized spacial score (nSPS) is 11.2. The van der Waals surface area contributed by atoms with E-state index in [0.29, 0.717) is 23.6 Å². The zero-order valence-electron chi connectivity index (χ0n) is 18.1. The molecule has 3 rings (SSSR count). The second-order valence-electron chi connectivity index (χ2n) is 7.18. The van der Waals surface area contributed by atoms with E-state index in [2.05, 4.69) is 22.2 Å². The molecule has 162 valence electrons. The van der Waals surface area contributed by atoms with Crippen LogP contribution in [0.25, 0.3) is 0 Å². The van der Waals surface area contributed by atoms with Crippen molar-refractivity contribution < 1.29 is 9.53 Å². The van der Waals surface area contributed by atoms with Crippen LogP contribution < -0.4 is 15.4 Å². The molecule has 0 heterocycles. The first kappa shape index (κ1) is 22.6. The Morgan fingerprint density at radius 2 is 1.62 bits per heavy atom. The van der Waals surface area contributed by atoms with Crippen molar-refractivity contribution in [2.75, 3.05) is 11.9 Å². The van der Waals surface area contributed by atoms with E-state index in [-0.39, 0.29) is 5.91 Å². The van der Waals surface area contributed by atoms with Crippen molar-refractivity contribution in [2.45, 2.75) is 13.3 Å². The van der Waals surface area contributed by atoms with Crippen molar-refractivity contribution in [2.24, 2.45) is 4.99 Å². The van der Waals surface area contributed by atoms with Gasteiger partial charge in [0.1, 0.15) is 5.75 Å². The van der Waals surface area contributed by atoms with E-state index in [0.717, 1.165) is 23.4 Å². The Morgan fingerprint density at radius 3 is 2.28 bits per heavy atom. The summed E-state index contributed by atoms with van der Waals surface area (Å²) >= 11 is 0. The molecule has 2 N–H and O–H groups in total. The summed E-state index contributed by atoms with van der Waals surface area (Å²) in [7, 11) is 0. The average Bonchev–Trinajstić information content (AvgIpc) is 2.83. The van der Waals surface area contributed by atoms with Crippen LogP contribution in [0.3, 0.4) is 0 Å². The number of hydrogen-bond acceptors (Lipinski definition) is 4. The first-order valence-electron chi connectivity index (χ1n) is 10.4. The molecule has 0 saturated heterocycles. The SMILES string of the molecule is C=C(C)C(=O)NCCc1ccc(OC(C=Nc2ccccc2)=CNc2ccccc2)cc1. The summed E-state index contributed by atoms with van der Waals surface area (Å²) in [5.74, 6) is 1.14. The van der Waals surface area contributed by atoms with E-state index in [4.69, 9.17) is 4.74 Å². The molecule has 0 aliphatic heterocycles. The quantitative estimate of drug-likeness (QED) is 0.250. The summed E-state index contributed by atoms with van der Waals surface area (Å²) in [4.78, 5) is 16.1. The van der Waals surface area contributed by atoms with Gasteiger partial charge in [-0.05, 0) is 55.3 Å². The van der Waals surface area contributed by atoms with Crippen LogP contribution in [-0.4, -0.2) is 18.7 Å². The van der Waals surface area contributed by atoms with Gasteiger partial charge in [-0.1, -0.05) is 55.1 Å². The van der Waals surface area contributed by atoms with Gasteiger partial charge in [0, 0.05) is 24.0 Å². The van der Waals surface area contributed by atoms with E-state index in [9.17, 15) is 4.79 Å². The maximum Gasteiger partial charge on any atom is 0.246 e. The smallest absolute Gasteiger partial charge is 0.246 e. The molecule has 1 amide bonds. The van der Waals surface area contributed by atoms with Crippen LogP contribution in [0.15, 0.2) is 114 Å². The van der Waals surface area contributed by atoms with Crippen LogP contribution in [0.1, 0.15) is 12.5 Å². The van der Waals surface area contributed by atoms with Crippen molar-refractivity contribution in [1.29, 1.82) is 0 Å². The molecule has 0 radical (unpaired) electrons. The van der Waals surface area contributed by atoms with Gasteiger partial charge in [-0.2, -0.15) is 0 Å². The summed E-state index contributed by atoms with van der Waals surface area (Å²) in [6, 6.07) is 27.3. The Hall–Kier alpha value is -4.12. The summed E-state index contributed by atoms with van der Waals surface area (Å²) in [6.07, 6.45) is 4.20. The lowest BCUT2D eigenvalue weighted by atomic mass is 10.1. The van der Waals surface area contributed by atoms with Crippen LogP contribution in [0.2, 0.25) is 0 Å². The summed E-state index contributed by atoms with van der Waals surface area (Å²) in [5, 5.41) is 6.07. The third-order valence-electron chi connectivity index (χ3n) is 4.50.